The molecule has 24 nitrogen and oxygen atoms in total. The number of amides is 4. The number of nitrogens with zero attached hydrogens (tertiary/aromatic N) is 5. The van der Waals surface area contributed by atoms with Crippen LogP contribution < -0.4 is 16.0 Å². The molecule has 2 aromatic carbocycles. The summed E-state index contributed by atoms with van der Waals surface area (Å²) in [6.07, 6.45) is -0.287. The van der Waals surface area contributed by atoms with Gasteiger partial charge in [0.1, 0.15) is 12.1 Å². The van der Waals surface area contributed by atoms with Crippen LogP contribution in [0.4, 0.5) is 4.79 Å². The summed E-state index contributed by atoms with van der Waals surface area (Å²) in [6, 6.07) is 9.23. The molecule has 0 aliphatic carbocycles. The Bertz CT molecular complexity index is 2150. The number of urea groups is 1. The van der Waals surface area contributed by atoms with Crippen molar-refractivity contribution in [2.45, 2.75) is 83.1 Å². The van der Waals surface area contributed by atoms with Crippen LogP contribution in [0.15, 0.2) is 53.0 Å². The van der Waals surface area contributed by atoms with E-state index in [2.05, 4.69) is 31.9 Å². The van der Waals surface area contributed by atoms with Crippen LogP contribution in [0.2, 0.25) is 0 Å². The van der Waals surface area contributed by atoms with E-state index in [1.54, 1.807) is 48.8 Å². The van der Waals surface area contributed by atoms with Gasteiger partial charge in [0.2, 0.25) is 5.91 Å². The Labute approximate surface area is 424 Å². The molecule has 1 heterocycles. The number of carbonyl (C=O) groups is 10. The fourth-order valence-corrected chi connectivity index (χ4v) is 8.12. The van der Waals surface area contributed by atoms with Gasteiger partial charge in [-0.05, 0) is 74.4 Å². The number of hydrogen-bond donors (Lipinski definition) is 9. The molecular formula is C47H65BrN8O16. The standard InChI is InChI=1S/C47H65BrN8O16/c1-31(57)36(13-16-40(59)60)50-47(72)51-37(45(68)69)4-2-3-17-56(27-33-7-11-35(48)12-8-33)44(67)34-9-5-32(6-10-34)26-49-39(58)15-14-38(46(70)71)55-24-22-53(29-42(63)64)20-18-52(28-41(61)62)19-21-54(23-25-55)30-43(65)66/h5-12,36-38H,2-4,13-30H2,1H3,(H,49,58)(H,59,60)(H,61,62)(H,63,64)(H,65,66)(H,68,69)(H,70,71)(H2,50,51,72)/t36-,37-,38?/m1/s1. The molecule has 1 aliphatic rings. The molecule has 396 valence electrons. The molecule has 2 aromatic rings. The zero-order valence-corrected chi connectivity index (χ0v) is 41.7. The Morgan fingerprint density at radius 1 is 0.583 bits per heavy atom. The summed E-state index contributed by atoms with van der Waals surface area (Å²) < 4.78 is 0.831. The van der Waals surface area contributed by atoms with E-state index in [4.69, 9.17) is 5.11 Å². The number of aliphatic carboxylic acids is 6. The van der Waals surface area contributed by atoms with E-state index in [0.29, 0.717) is 17.5 Å². The number of unbranched alkanes of at least 4 members (excludes halogenated alkanes) is 1. The smallest absolute Gasteiger partial charge is 0.326 e. The van der Waals surface area contributed by atoms with Crippen LogP contribution in [-0.2, 0) is 51.4 Å². The quantitative estimate of drug-likeness (QED) is 0.0540. The lowest BCUT2D eigenvalue weighted by Gasteiger charge is -2.35. The normalized spacial score (nSPS) is 15.6. The minimum atomic E-state index is -1.34. The minimum absolute atomic E-state index is 0.0168. The number of rotatable bonds is 28. The van der Waals surface area contributed by atoms with Gasteiger partial charge in [-0.1, -0.05) is 40.2 Å². The Morgan fingerprint density at radius 3 is 1.56 bits per heavy atom. The van der Waals surface area contributed by atoms with Gasteiger partial charge in [0.05, 0.1) is 25.7 Å². The summed E-state index contributed by atoms with van der Waals surface area (Å²) in [5, 5.41) is 65.0. The molecular weight excluding hydrogens is 1010 g/mol. The highest BCUT2D eigenvalue weighted by molar-refractivity contribution is 9.10. The van der Waals surface area contributed by atoms with Crippen molar-refractivity contribution in [2.75, 3.05) is 78.5 Å². The molecule has 0 bridgehead atoms. The summed E-state index contributed by atoms with van der Waals surface area (Å²) in [7, 11) is 0. The molecule has 1 saturated heterocycles. The Kier molecular flexibility index (Phi) is 25.8. The average molecular weight is 1080 g/mol. The van der Waals surface area contributed by atoms with E-state index >= 15 is 0 Å². The van der Waals surface area contributed by atoms with Gasteiger partial charge in [0.25, 0.3) is 5.91 Å². The SMILES string of the molecule is CC(=O)[C@@H](CCC(=O)O)NC(=O)N[C@H](CCCCN(Cc1ccc(Br)cc1)C(=O)c1ccc(CNC(=O)CCC(C(=O)O)N2CCN(CC(=O)O)CCN(CC(=O)O)CCN(CC(=O)O)CC2)cc1)C(=O)O. The molecule has 0 aromatic heterocycles. The predicted octanol–water partition coefficient (Wildman–Crippen LogP) is 1.16. The summed E-state index contributed by atoms with van der Waals surface area (Å²) in [6.45, 7) is 1.49. The molecule has 0 spiro atoms. The van der Waals surface area contributed by atoms with Gasteiger partial charge in [-0.25, -0.2) is 9.59 Å². The van der Waals surface area contributed by atoms with E-state index in [1.165, 1.54) is 6.92 Å². The van der Waals surface area contributed by atoms with Crippen molar-refractivity contribution >= 4 is 75.4 Å². The minimum Gasteiger partial charge on any atom is -0.481 e. The number of nitrogens with one attached hydrogen (secondary N) is 3. The van der Waals surface area contributed by atoms with Crippen LogP contribution in [0.3, 0.4) is 0 Å². The zero-order chi connectivity index (χ0) is 53.3. The summed E-state index contributed by atoms with van der Waals surface area (Å²) in [5.74, 6) is -8.37. The first-order valence-electron chi connectivity index (χ1n) is 23.3. The van der Waals surface area contributed by atoms with Gasteiger partial charge in [0, 0.05) is 94.9 Å². The topological polar surface area (TPSA) is 344 Å². The first kappa shape index (κ1) is 59.8. The van der Waals surface area contributed by atoms with E-state index in [0.717, 1.165) is 10.0 Å². The molecule has 0 radical (unpaired) electrons. The summed E-state index contributed by atoms with van der Waals surface area (Å²) in [5.41, 5.74) is 1.77. The van der Waals surface area contributed by atoms with Gasteiger partial charge >= 0.3 is 41.8 Å². The molecule has 1 fully saturated rings. The maximum atomic E-state index is 13.9. The van der Waals surface area contributed by atoms with Crippen LogP contribution in [0.1, 0.15) is 73.4 Å². The molecule has 1 aliphatic heterocycles. The number of Topliss-reactive ketones (excluding diaryl/α,β-unsaturated/α-hetero) is 1. The van der Waals surface area contributed by atoms with Gasteiger partial charge in [-0.3, -0.25) is 58.0 Å². The molecule has 72 heavy (non-hydrogen) atoms. The average Bonchev–Trinajstić information content (AvgIpc) is 3.30. The van der Waals surface area contributed by atoms with Crippen LogP contribution in [0, 0.1) is 0 Å². The van der Waals surface area contributed by atoms with Crippen molar-refractivity contribution < 1.29 is 78.6 Å². The Morgan fingerprint density at radius 2 is 1.08 bits per heavy atom. The number of benzene rings is 2. The fourth-order valence-electron chi connectivity index (χ4n) is 7.85. The Balaban J connectivity index is 1.64. The molecule has 9 N–H and O–H groups in total. The molecule has 25 heteroatoms. The fraction of sp³-hybridized carbons (Fsp3) is 0.532. The highest BCUT2D eigenvalue weighted by atomic mass is 79.9. The van der Waals surface area contributed by atoms with Crippen molar-refractivity contribution in [2.24, 2.45) is 0 Å². The number of carboxylic acid groups (broad SMARTS) is 6. The number of hydrogen-bond acceptors (Lipinski definition) is 14. The third kappa shape index (κ3) is 23.1. The first-order valence-corrected chi connectivity index (χ1v) is 24.1. The molecule has 1 unspecified atom stereocenters. The van der Waals surface area contributed by atoms with Gasteiger partial charge < -0.3 is 51.5 Å². The summed E-state index contributed by atoms with van der Waals surface area (Å²) in [4.78, 5) is 130. The third-order valence-corrected chi connectivity index (χ3v) is 12.3. The van der Waals surface area contributed by atoms with Crippen molar-refractivity contribution in [3.63, 3.8) is 0 Å². The maximum absolute atomic E-state index is 13.9. The Hall–Kier alpha value is -6.54. The molecule has 3 rings (SSSR count). The van der Waals surface area contributed by atoms with E-state index in [1.807, 2.05) is 24.3 Å². The van der Waals surface area contributed by atoms with Crippen molar-refractivity contribution in [3.8, 4) is 0 Å². The highest BCUT2D eigenvalue weighted by Crippen LogP contribution is 2.17. The highest BCUT2D eigenvalue weighted by Gasteiger charge is 2.29. The van der Waals surface area contributed by atoms with Gasteiger partial charge in [-0.2, -0.15) is 0 Å². The van der Waals surface area contributed by atoms with Crippen LogP contribution >= 0.6 is 15.9 Å². The van der Waals surface area contributed by atoms with Crippen molar-refractivity contribution in [3.05, 3.63) is 69.7 Å². The lowest BCUT2D eigenvalue weighted by Crippen LogP contribution is -2.52. The van der Waals surface area contributed by atoms with Crippen molar-refractivity contribution in [1.29, 1.82) is 0 Å². The van der Waals surface area contributed by atoms with E-state index in [9.17, 15) is 73.5 Å². The second kappa shape index (κ2) is 31.0. The number of halogens is 1. The predicted molar refractivity (Wildman–Crippen MR) is 260 cm³/mol. The lowest BCUT2D eigenvalue weighted by molar-refractivity contribution is -0.145. The third-order valence-electron chi connectivity index (χ3n) is 11.8. The second-order valence-electron chi connectivity index (χ2n) is 17.4. The molecule has 3 atom stereocenters. The van der Waals surface area contributed by atoms with Crippen LogP contribution in [0.5, 0.6) is 0 Å². The zero-order valence-electron chi connectivity index (χ0n) is 40.1. The van der Waals surface area contributed by atoms with E-state index < -0.39 is 71.7 Å². The summed E-state index contributed by atoms with van der Waals surface area (Å²) >= 11 is 3.40. The largest absolute Gasteiger partial charge is 0.481 e. The molecule has 0 saturated carbocycles. The number of carboxylic acids is 6. The number of carbonyl (C=O) groups excluding carboxylic acids is 4. The van der Waals surface area contributed by atoms with Crippen LogP contribution in [-0.4, -0.2) is 211 Å². The lowest BCUT2D eigenvalue weighted by atomic mass is 10.1. The van der Waals surface area contributed by atoms with E-state index in [-0.39, 0.29) is 136 Å². The molecule has 4 amide bonds. The number of ketones is 1. The first-order chi connectivity index (χ1) is 34.1. The van der Waals surface area contributed by atoms with Gasteiger partial charge in [0.15, 0.2) is 5.78 Å². The monoisotopic (exact) mass is 1080 g/mol. The second-order valence-corrected chi connectivity index (χ2v) is 18.3. The van der Waals surface area contributed by atoms with Crippen molar-refractivity contribution in [1.82, 2.24) is 40.4 Å². The van der Waals surface area contributed by atoms with Crippen LogP contribution in [0.25, 0.3) is 0 Å². The van der Waals surface area contributed by atoms with Gasteiger partial charge in [-0.15, -0.1) is 0 Å². The maximum Gasteiger partial charge on any atom is 0.326 e.